The molecule has 10 heteroatoms. The van der Waals surface area contributed by atoms with Crippen LogP contribution in [-0.2, 0) is 16.1 Å². The number of likely N-dealkylation sites (tertiary alicyclic amines) is 1. The third kappa shape index (κ3) is 3.51. The number of fused-ring (bicyclic) bond motifs is 2. The quantitative estimate of drug-likeness (QED) is 0.559. The van der Waals surface area contributed by atoms with E-state index in [0.717, 1.165) is 18.4 Å². The fourth-order valence-corrected chi connectivity index (χ4v) is 5.61. The van der Waals surface area contributed by atoms with Crippen molar-refractivity contribution in [2.75, 3.05) is 0 Å². The van der Waals surface area contributed by atoms with Gasteiger partial charge in [-0.25, -0.2) is 0 Å². The monoisotopic (exact) mass is 478 g/mol. The zero-order chi connectivity index (χ0) is 23.6. The molecule has 0 radical (unpaired) electrons. The number of halogens is 1. The first-order chi connectivity index (χ1) is 16.4. The van der Waals surface area contributed by atoms with Crippen molar-refractivity contribution in [3.63, 3.8) is 0 Å². The van der Waals surface area contributed by atoms with Crippen molar-refractivity contribution in [3.8, 4) is 0 Å². The highest BCUT2D eigenvalue weighted by Crippen LogP contribution is 2.49. The van der Waals surface area contributed by atoms with Crippen molar-refractivity contribution in [2.24, 2.45) is 11.7 Å². The van der Waals surface area contributed by atoms with Crippen LogP contribution in [0.25, 0.3) is 10.9 Å². The number of primary amides is 1. The van der Waals surface area contributed by atoms with Crippen LogP contribution in [-0.4, -0.2) is 55.5 Å². The summed E-state index contributed by atoms with van der Waals surface area (Å²) in [7, 11) is 0. The highest BCUT2D eigenvalue weighted by Gasteiger charge is 2.56. The van der Waals surface area contributed by atoms with Gasteiger partial charge in [-0.3, -0.25) is 24.0 Å². The Kier molecular flexibility index (Phi) is 4.84. The van der Waals surface area contributed by atoms with Gasteiger partial charge < -0.3 is 16.0 Å². The number of hydrogen-bond donors (Lipinski definition) is 2. The van der Waals surface area contributed by atoms with Gasteiger partial charge in [0, 0.05) is 34.6 Å². The van der Waals surface area contributed by atoms with Crippen molar-refractivity contribution in [1.29, 1.82) is 0 Å². The van der Waals surface area contributed by atoms with Crippen LogP contribution in [0.5, 0.6) is 0 Å². The number of nitrogens with zero attached hydrogens (tertiary/aromatic N) is 4. The van der Waals surface area contributed by atoms with E-state index in [4.69, 9.17) is 17.3 Å². The Morgan fingerprint density at radius 2 is 1.97 bits per heavy atom. The van der Waals surface area contributed by atoms with Crippen molar-refractivity contribution < 1.29 is 14.4 Å². The van der Waals surface area contributed by atoms with Gasteiger partial charge in [-0.2, -0.15) is 5.10 Å². The van der Waals surface area contributed by atoms with E-state index in [1.165, 1.54) is 4.68 Å². The maximum absolute atomic E-state index is 13.4. The topological polar surface area (TPSA) is 123 Å². The van der Waals surface area contributed by atoms with E-state index in [-0.39, 0.29) is 42.1 Å². The summed E-state index contributed by atoms with van der Waals surface area (Å²) in [6.07, 6.45) is 5.52. The number of aromatic nitrogens is 3. The Labute approximate surface area is 200 Å². The van der Waals surface area contributed by atoms with E-state index in [1.54, 1.807) is 23.4 Å². The number of nitrogens with one attached hydrogen (secondary N) is 1. The van der Waals surface area contributed by atoms with Crippen molar-refractivity contribution >= 4 is 40.2 Å². The molecule has 1 aliphatic heterocycles. The predicted octanol–water partition coefficient (Wildman–Crippen LogP) is 1.85. The third-order valence-corrected chi connectivity index (χ3v) is 7.53. The number of piperidine rings is 1. The second kappa shape index (κ2) is 7.80. The third-order valence-electron chi connectivity index (χ3n) is 7.19. The number of hydrogen-bond acceptors (Lipinski definition) is 5. The normalized spacial score (nSPS) is 26.9. The molecule has 34 heavy (non-hydrogen) atoms. The zero-order valence-electron chi connectivity index (χ0n) is 18.2. The second-order valence-corrected chi connectivity index (χ2v) is 9.76. The summed E-state index contributed by atoms with van der Waals surface area (Å²) in [6, 6.07) is 8.94. The largest absolute Gasteiger partial charge is 0.364 e. The van der Waals surface area contributed by atoms with E-state index in [9.17, 15) is 14.4 Å². The Hall–Kier alpha value is -3.46. The van der Waals surface area contributed by atoms with Gasteiger partial charge in [-0.15, -0.1) is 0 Å². The number of rotatable bonds is 6. The lowest BCUT2D eigenvalue weighted by molar-refractivity contribution is -0.140. The minimum atomic E-state index is -0.666. The maximum Gasteiger partial charge on any atom is 0.269 e. The van der Waals surface area contributed by atoms with Crippen LogP contribution in [0.1, 0.15) is 41.2 Å². The number of benzene rings is 1. The van der Waals surface area contributed by atoms with Gasteiger partial charge in [-0.1, -0.05) is 29.8 Å². The minimum Gasteiger partial charge on any atom is -0.364 e. The summed E-state index contributed by atoms with van der Waals surface area (Å²) < 4.78 is 1.45. The van der Waals surface area contributed by atoms with Gasteiger partial charge in [0.2, 0.25) is 11.8 Å². The lowest BCUT2D eigenvalue weighted by Crippen LogP contribution is -2.49. The molecule has 3 aliphatic rings. The first-order valence-corrected chi connectivity index (χ1v) is 11.8. The van der Waals surface area contributed by atoms with Crippen molar-refractivity contribution in [1.82, 2.24) is 25.0 Å². The van der Waals surface area contributed by atoms with Gasteiger partial charge in [0.15, 0.2) is 5.69 Å². The molecule has 5 atom stereocenters. The molecule has 0 unspecified atom stereocenters. The molecule has 1 aromatic carbocycles. The molecule has 0 bridgehead atoms. The number of amides is 3. The van der Waals surface area contributed by atoms with Crippen LogP contribution in [0.2, 0.25) is 5.02 Å². The Balaban J connectivity index is 1.17. The average molecular weight is 479 g/mol. The van der Waals surface area contributed by atoms with Crippen LogP contribution in [0.15, 0.2) is 42.7 Å². The molecule has 3 N–H and O–H groups in total. The summed E-state index contributed by atoms with van der Waals surface area (Å²) in [6.45, 7) is -0.0891. The molecular formula is C24H23ClN6O3. The first-order valence-electron chi connectivity index (χ1n) is 11.4. The highest BCUT2D eigenvalue weighted by atomic mass is 35.5. The minimum absolute atomic E-state index is 0.0283. The molecule has 2 saturated carbocycles. The van der Waals surface area contributed by atoms with E-state index in [1.807, 2.05) is 24.3 Å². The van der Waals surface area contributed by atoms with E-state index >= 15 is 0 Å². The van der Waals surface area contributed by atoms with E-state index in [2.05, 4.69) is 15.4 Å². The zero-order valence-corrected chi connectivity index (χ0v) is 19.0. The summed E-state index contributed by atoms with van der Waals surface area (Å²) >= 11 is 6.31. The Morgan fingerprint density at radius 1 is 1.15 bits per heavy atom. The summed E-state index contributed by atoms with van der Waals surface area (Å²) in [5.41, 5.74) is 7.16. The molecule has 0 spiro atoms. The number of nitrogens with two attached hydrogens (primary N) is 1. The van der Waals surface area contributed by atoms with Gasteiger partial charge in [0.25, 0.3) is 5.91 Å². The molecule has 1 saturated heterocycles. The molecular weight excluding hydrogens is 456 g/mol. The van der Waals surface area contributed by atoms with E-state index in [0.29, 0.717) is 28.3 Å². The number of carbonyl (C=O) groups excluding carboxylic acids is 3. The maximum atomic E-state index is 13.4. The summed E-state index contributed by atoms with van der Waals surface area (Å²) in [5, 5.41) is 8.64. The Bertz CT molecular complexity index is 1340. The smallest absolute Gasteiger partial charge is 0.269 e. The average Bonchev–Trinajstić information content (AvgIpc) is 3.69. The molecule has 3 fully saturated rings. The van der Waals surface area contributed by atoms with Crippen LogP contribution in [0, 0.1) is 5.92 Å². The van der Waals surface area contributed by atoms with Crippen LogP contribution >= 0.6 is 11.6 Å². The molecule has 3 aromatic rings. The lowest BCUT2D eigenvalue weighted by atomic mass is 10.1. The molecule has 6 rings (SSSR count). The van der Waals surface area contributed by atoms with Crippen molar-refractivity contribution in [2.45, 2.75) is 49.9 Å². The van der Waals surface area contributed by atoms with Gasteiger partial charge in [0.1, 0.15) is 12.6 Å². The standard InChI is InChI=1S/C24H23ClN6O3/c25-16-4-2-1-3-13(16)15-9-17(15)28-24(34)19-8-12-7-18(12)31(19)21(32)11-30-20-10-27-6-5-14(20)22(29-30)23(26)33/h1-6,10,12,15,17-19H,7-9,11H2,(H2,26,33)(H,28,34)/t12-,15-,17-,18-,19+/m1/s1. The van der Waals surface area contributed by atoms with Crippen molar-refractivity contribution in [3.05, 3.63) is 59.0 Å². The van der Waals surface area contributed by atoms with Crippen LogP contribution in [0.4, 0.5) is 0 Å². The molecule has 174 valence electrons. The highest BCUT2D eigenvalue weighted by molar-refractivity contribution is 6.31. The fourth-order valence-electron chi connectivity index (χ4n) is 5.33. The number of pyridine rings is 1. The summed E-state index contributed by atoms with van der Waals surface area (Å²) in [5.74, 6) is -0.429. The SMILES string of the molecule is NC(=O)c1nn(CC(=O)N2[C@@H]3C[C@@H]3C[C@H]2C(=O)N[C@@H]2C[C@@H]2c2ccccc2Cl)c2cnccc12. The molecule has 2 aromatic heterocycles. The Morgan fingerprint density at radius 3 is 2.76 bits per heavy atom. The van der Waals surface area contributed by atoms with E-state index < -0.39 is 11.9 Å². The molecule has 3 heterocycles. The van der Waals surface area contributed by atoms with Gasteiger partial charge in [-0.05, 0) is 42.9 Å². The summed E-state index contributed by atoms with van der Waals surface area (Å²) in [4.78, 5) is 44.1. The molecule has 9 nitrogen and oxygen atoms in total. The van der Waals surface area contributed by atoms with Crippen LogP contribution in [0.3, 0.4) is 0 Å². The lowest BCUT2D eigenvalue weighted by Gasteiger charge is -2.27. The first kappa shape index (κ1) is 21.1. The van der Waals surface area contributed by atoms with Crippen LogP contribution < -0.4 is 11.1 Å². The second-order valence-electron chi connectivity index (χ2n) is 9.36. The van der Waals surface area contributed by atoms with Gasteiger partial charge >= 0.3 is 0 Å². The fraction of sp³-hybridized carbons (Fsp3) is 0.375. The van der Waals surface area contributed by atoms with Gasteiger partial charge in [0.05, 0.1) is 11.7 Å². The predicted molar refractivity (Wildman–Crippen MR) is 124 cm³/mol. The molecule has 3 amide bonds. The molecule has 2 aliphatic carbocycles. The number of carbonyl (C=O) groups is 3.